The van der Waals surface area contributed by atoms with Gasteiger partial charge in [0.1, 0.15) is 4.75 Å². The molecule has 1 saturated heterocycles. The minimum atomic E-state index is -1.05. The molecule has 2 atom stereocenters. The van der Waals surface area contributed by atoms with Crippen LogP contribution in [0.5, 0.6) is 0 Å². The molecule has 5 nitrogen and oxygen atoms in total. The van der Waals surface area contributed by atoms with Crippen molar-refractivity contribution in [2.24, 2.45) is 0 Å². The maximum absolute atomic E-state index is 14.2. The molecule has 5 rings (SSSR count). The number of amides is 2. The molecule has 0 bridgehead atoms. The highest BCUT2D eigenvalue weighted by atomic mass is 127. The van der Waals surface area contributed by atoms with Crippen molar-refractivity contribution in [3.63, 3.8) is 0 Å². The molecule has 38 heavy (non-hydrogen) atoms. The second kappa shape index (κ2) is 11.0. The van der Waals surface area contributed by atoms with Crippen molar-refractivity contribution in [1.29, 1.82) is 0 Å². The molecule has 1 fully saturated rings. The van der Waals surface area contributed by atoms with E-state index in [9.17, 15) is 14.7 Å². The van der Waals surface area contributed by atoms with Gasteiger partial charge in [0, 0.05) is 20.5 Å². The first-order valence-corrected chi connectivity index (χ1v) is 14.9. The molecule has 0 spiro atoms. The van der Waals surface area contributed by atoms with Gasteiger partial charge < -0.3 is 15.3 Å². The number of hydrogen-bond donors (Lipinski definition) is 2. The van der Waals surface area contributed by atoms with E-state index in [-0.39, 0.29) is 36.9 Å². The largest absolute Gasteiger partial charge is 0.392 e. The smallest absolute Gasteiger partial charge is 0.239 e. The van der Waals surface area contributed by atoms with Crippen molar-refractivity contribution in [2.45, 2.75) is 74.4 Å². The van der Waals surface area contributed by atoms with Crippen LogP contribution in [-0.4, -0.2) is 38.7 Å². The van der Waals surface area contributed by atoms with Crippen LogP contribution in [-0.2, 0) is 29.0 Å². The number of nitrogens with one attached hydrogen (secondary N) is 1. The van der Waals surface area contributed by atoms with E-state index in [1.807, 2.05) is 68.1 Å². The third kappa shape index (κ3) is 5.12. The molecule has 2 aliphatic rings. The molecule has 7 heteroatoms. The summed E-state index contributed by atoms with van der Waals surface area (Å²) in [5.74, 6) is -0.107. The Morgan fingerprint density at radius 1 is 1.11 bits per heavy atom. The third-order valence-electron chi connectivity index (χ3n) is 7.51. The fourth-order valence-corrected chi connectivity index (χ4v) is 8.03. The quantitative estimate of drug-likeness (QED) is 0.331. The molecule has 1 heterocycles. The number of nitrogens with zero attached hydrogens (tertiary/aromatic N) is 1. The predicted octanol–water partition coefficient (Wildman–Crippen LogP) is 5.59. The Hall–Kier alpha value is -2.36. The number of carbonyl (C=O) groups excluding carboxylic acids is 2. The number of thioether (sulfide) groups is 1. The molecule has 198 valence electrons. The van der Waals surface area contributed by atoms with Gasteiger partial charge in [0.25, 0.3) is 0 Å². The Bertz CT molecular complexity index is 1330. The van der Waals surface area contributed by atoms with Crippen molar-refractivity contribution >= 4 is 46.2 Å². The standard InChI is InChI=1S/C31H33IN2O3S/c1-19(2)33-30(37)31(38-25-11-8-20(3)9-12-25)17-28(36)34(24-15-22-6-4-5-7-23(22)16-24)29(31)26-13-10-21(18-35)14-27(26)32/h4-14,19,24,29,35H,15-18H2,1-3H3,(H,33,37)/t29-,31-/m1/s1. The van der Waals surface area contributed by atoms with Crippen molar-refractivity contribution in [3.8, 4) is 0 Å². The molecule has 3 aromatic rings. The van der Waals surface area contributed by atoms with E-state index in [1.54, 1.807) is 0 Å². The molecule has 0 radical (unpaired) electrons. The van der Waals surface area contributed by atoms with Gasteiger partial charge >= 0.3 is 0 Å². The number of benzene rings is 3. The summed E-state index contributed by atoms with van der Waals surface area (Å²) in [6, 6.07) is 21.9. The van der Waals surface area contributed by atoms with E-state index in [2.05, 4.69) is 52.2 Å². The van der Waals surface area contributed by atoms with Gasteiger partial charge in [-0.25, -0.2) is 0 Å². The Balaban J connectivity index is 1.66. The highest BCUT2D eigenvalue weighted by molar-refractivity contribution is 14.1. The molecule has 0 saturated carbocycles. The molecular formula is C31H33IN2O3S. The number of aliphatic hydroxyl groups is 1. The molecule has 0 aromatic heterocycles. The van der Waals surface area contributed by atoms with Crippen LogP contribution in [0.25, 0.3) is 0 Å². The van der Waals surface area contributed by atoms with Gasteiger partial charge in [-0.1, -0.05) is 54.1 Å². The first-order chi connectivity index (χ1) is 18.2. The highest BCUT2D eigenvalue weighted by Crippen LogP contribution is 2.55. The molecule has 2 amide bonds. The first-order valence-electron chi connectivity index (χ1n) is 13.1. The summed E-state index contributed by atoms with van der Waals surface area (Å²) < 4.78 is -0.105. The maximum Gasteiger partial charge on any atom is 0.239 e. The number of carbonyl (C=O) groups is 2. The average molecular weight is 641 g/mol. The Labute approximate surface area is 242 Å². The number of hydrogen-bond acceptors (Lipinski definition) is 4. The lowest BCUT2D eigenvalue weighted by Gasteiger charge is -2.40. The summed E-state index contributed by atoms with van der Waals surface area (Å²) >= 11 is 3.79. The predicted molar refractivity (Wildman–Crippen MR) is 160 cm³/mol. The number of halogens is 1. The van der Waals surface area contributed by atoms with Crippen LogP contribution in [0.2, 0.25) is 0 Å². The van der Waals surface area contributed by atoms with Gasteiger partial charge in [-0.3, -0.25) is 9.59 Å². The van der Waals surface area contributed by atoms with Gasteiger partial charge in [-0.05, 0) is 96.7 Å². The Morgan fingerprint density at radius 2 is 1.76 bits per heavy atom. The van der Waals surface area contributed by atoms with Crippen molar-refractivity contribution in [2.75, 3.05) is 0 Å². The number of fused-ring (bicyclic) bond motifs is 1. The topological polar surface area (TPSA) is 69.6 Å². The summed E-state index contributed by atoms with van der Waals surface area (Å²) in [5.41, 5.74) is 5.44. The van der Waals surface area contributed by atoms with Crippen LogP contribution in [0.4, 0.5) is 0 Å². The lowest BCUT2D eigenvalue weighted by molar-refractivity contribution is -0.131. The van der Waals surface area contributed by atoms with Crippen LogP contribution in [0, 0.1) is 10.5 Å². The Kier molecular flexibility index (Phi) is 7.89. The SMILES string of the molecule is Cc1ccc(S[C@]2(C(=O)NC(C)C)CC(=O)N(C3Cc4ccccc4C3)[C@@H]2c2ccc(CO)cc2I)cc1. The number of likely N-dealkylation sites (tertiary alicyclic amines) is 1. The molecule has 3 aromatic carbocycles. The summed E-state index contributed by atoms with van der Waals surface area (Å²) in [6.45, 7) is 5.90. The summed E-state index contributed by atoms with van der Waals surface area (Å²) in [5, 5.41) is 12.9. The number of aliphatic hydroxyl groups excluding tert-OH is 1. The van der Waals surface area contributed by atoms with Crippen LogP contribution >= 0.6 is 34.4 Å². The van der Waals surface area contributed by atoms with Crippen molar-refractivity contribution in [1.82, 2.24) is 10.2 Å². The minimum absolute atomic E-state index is 0.00774. The van der Waals surface area contributed by atoms with Gasteiger partial charge in [-0.2, -0.15) is 0 Å². The summed E-state index contributed by atoms with van der Waals surface area (Å²) in [7, 11) is 0. The molecule has 2 N–H and O–H groups in total. The van der Waals surface area contributed by atoms with Gasteiger partial charge in [0.2, 0.25) is 11.8 Å². The van der Waals surface area contributed by atoms with E-state index >= 15 is 0 Å². The minimum Gasteiger partial charge on any atom is -0.392 e. The summed E-state index contributed by atoms with van der Waals surface area (Å²) in [4.78, 5) is 31.3. The van der Waals surface area contributed by atoms with E-state index in [0.29, 0.717) is 0 Å². The molecule has 0 unspecified atom stereocenters. The van der Waals surface area contributed by atoms with Crippen molar-refractivity contribution in [3.05, 3.63) is 98.1 Å². The lowest BCUT2D eigenvalue weighted by atomic mass is 9.90. The van der Waals surface area contributed by atoms with Crippen molar-refractivity contribution < 1.29 is 14.7 Å². The lowest BCUT2D eigenvalue weighted by Crippen LogP contribution is -2.51. The second-order valence-electron chi connectivity index (χ2n) is 10.7. The Morgan fingerprint density at radius 3 is 2.34 bits per heavy atom. The summed E-state index contributed by atoms with van der Waals surface area (Å²) in [6.07, 6.45) is 1.68. The van der Waals surface area contributed by atoms with Crippen LogP contribution in [0.3, 0.4) is 0 Å². The second-order valence-corrected chi connectivity index (χ2v) is 13.2. The zero-order valence-electron chi connectivity index (χ0n) is 21.9. The van der Waals surface area contributed by atoms with E-state index in [0.717, 1.165) is 38.0 Å². The average Bonchev–Trinajstić information content (AvgIpc) is 3.43. The fourth-order valence-electron chi connectivity index (χ4n) is 5.76. The number of aryl methyl sites for hydroxylation is 1. The van der Waals surface area contributed by atoms with Gasteiger partial charge in [0.15, 0.2) is 0 Å². The third-order valence-corrected chi connectivity index (χ3v) is 9.87. The van der Waals surface area contributed by atoms with Gasteiger partial charge in [0.05, 0.1) is 19.1 Å². The van der Waals surface area contributed by atoms with E-state index in [4.69, 9.17) is 0 Å². The molecule has 1 aliphatic carbocycles. The molecule has 1 aliphatic heterocycles. The van der Waals surface area contributed by atoms with E-state index < -0.39 is 10.8 Å². The number of rotatable bonds is 7. The van der Waals surface area contributed by atoms with Gasteiger partial charge in [-0.15, -0.1) is 11.8 Å². The van der Waals surface area contributed by atoms with Crippen LogP contribution in [0.15, 0.2) is 71.6 Å². The zero-order chi connectivity index (χ0) is 27.0. The normalized spacial score (nSPS) is 21.3. The fraction of sp³-hybridized carbons (Fsp3) is 0.355. The monoisotopic (exact) mass is 640 g/mol. The maximum atomic E-state index is 14.2. The zero-order valence-corrected chi connectivity index (χ0v) is 24.9. The first kappa shape index (κ1) is 27.2. The highest BCUT2D eigenvalue weighted by Gasteiger charge is 2.60. The van der Waals surface area contributed by atoms with E-state index in [1.165, 1.54) is 22.9 Å². The van der Waals surface area contributed by atoms with Crippen LogP contribution < -0.4 is 5.32 Å². The molecular weight excluding hydrogens is 607 g/mol. The van der Waals surface area contributed by atoms with Crippen LogP contribution in [0.1, 0.15) is 54.1 Å².